The summed E-state index contributed by atoms with van der Waals surface area (Å²) >= 11 is 5.53. The third-order valence-corrected chi connectivity index (χ3v) is 1.67. The molecule has 0 radical (unpaired) electrons. The zero-order chi connectivity index (χ0) is 8.97. The van der Waals surface area contributed by atoms with Crippen molar-refractivity contribution in [3.8, 4) is 12.3 Å². The predicted octanol–water partition coefficient (Wildman–Crippen LogP) is 2.04. The van der Waals surface area contributed by atoms with Crippen LogP contribution in [-0.4, -0.2) is 10.4 Å². The molecule has 0 aliphatic heterocycles. The van der Waals surface area contributed by atoms with Crippen LogP contribution >= 0.6 is 11.6 Å². The maximum atomic E-state index is 8.33. The zero-order valence-electron chi connectivity index (χ0n) is 6.16. The van der Waals surface area contributed by atoms with Gasteiger partial charge in [-0.2, -0.15) is 0 Å². The fraction of sp³-hybridized carbons (Fsp3) is 0. The van der Waals surface area contributed by atoms with Gasteiger partial charge in [0.05, 0.1) is 0 Å². The molecule has 0 bridgehead atoms. The van der Waals surface area contributed by atoms with Gasteiger partial charge >= 0.3 is 0 Å². The minimum Gasteiger partial charge on any atom is -0.410 e. The summed E-state index contributed by atoms with van der Waals surface area (Å²) in [6, 6.07) is 6.83. The molecule has 1 aromatic carbocycles. The molecule has 1 aromatic rings. The molecule has 2 nitrogen and oxygen atoms in total. The molecule has 0 aromatic heterocycles. The molecule has 1 rings (SSSR count). The first-order chi connectivity index (χ1) is 5.77. The predicted molar refractivity (Wildman–Crippen MR) is 48.6 cm³/mol. The number of halogens is 1. The van der Waals surface area contributed by atoms with Gasteiger partial charge in [-0.1, -0.05) is 34.8 Å². The van der Waals surface area contributed by atoms with Gasteiger partial charge in [-0.05, 0) is 12.1 Å². The Labute approximate surface area is 75.5 Å². The number of oxime groups is 1. The van der Waals surface area contributed by atoms with Crippen molar-refractivity contribution in [1.82, 2.24) is 0 Å². The van der Waals surface area contributed by atoms with E-state index in [9.17, 15) is 0 Å². The molecule has 0 saturated heterocycles. The Morgan fingerprint density at radius 1 is 1.42 bits per heavy atom. The smallest absolute Gasteiger partial charge is 0.175 e. The molecule has 0 atom stereocenters. The molecular formula is C9H6ClNO. The van der Waals surface area contributed by atoms with E-state index in [1.54, 1.807) is 24.3 Å². The summed E-state index contributed by atoms with van der Waals surface area (Å²) in [6.45, 7) is 0. The Morgan fingerprint density at radius 2 is 2.00 bits per heavy atom. The van der Waals surface area contributed by atoms with E-state index in [2.05, 4.69) is 11.1 Å². The van der Waals surface area contributed by atoms with Crippen LogP contribution in [0.4, 0.5) is 0 Å². The largest absolute Gasteiger partial charge is 0.410 e. The summed E-state index contributed by atoms with van der Waals surface area (Å²) in [5.41, 5.74) is 1.40. The monoisotopic (exact) mass is 179 g/mol. The summed E-state index contributed by atoms with van der Waals surface area (Å²) in [6.07, 6.45) is 5.15. The van der Waals surface area contributed by atoms with Crippen molar-refractivity contribution in [3.63, 3.8) is 0 Å². The van der Waals surface area contributed by atoms with E-state index in [0.29, 0.717) is 5.56 Å². The van der Waals surface area contributed by atoms with Crippen molar-refractivity contribution >= 4 is 16.8 Å². The van der Waals surface area contributed by atoms with Crippen LogP contribution in [0.25, 0.3) is 0 Å². The number of nitrogens with zero attached hydrogens (tertiary/aromatic N) is 1. The molecular weight excluding hydrogens is 174 g/mol. The van der Waals surface area contributed by atoms with Crippen LogP contribution in [0.3, 0.4) is 0 Å². The van der Waals surface area contributed by atoms with Gasteiger partial charge < -0.3 is 5.21 Å². The number of benzene rings is 1. The van der Waals surface area contributed by atoms with Crippen LogP contribution in [-0.2, 0) is 0 Å². The molecule has 0 heterocycles. The lowest BCUT2D eigenvalue weighted by atomic mass is 10.1. The highest BCUT2D eigenvalue weighted by molar-refractivity contribution is 6.69. The van der Waals surface area contributed by atoms with Gasteiger partial charge in [0.1, 0.15) is 0 Å². The Kier molecular flexibility index (Phi) is 2.73. The third kappa shape index (κ3) is 1.77. The quantitative estimate of drug-likeness (QED) is 0.304. The average Bonchev–Trinajstić information content (AvgIpc) is 2.17. The van der Waals surface area contributed by atoms with Crippen LogP contribution in [0.2, 0.25) is 0 Å². The van der Waals surface area contributed by atoms with E-state index in [0.717, 1.165) is 5.56 Å². The third-order valence-electron chi connectivity index (χ3n) is 1.38. The molecule has 1 N–H and O–H groups in total. The summed E-state index contributed by atoms with van der Waals surface area (Å²) < 4.78 is 0. The zero-order valence-corrected chi connectivity index (χ0v) is 6.92. The summed E-state index contributed by atoms with van der Waals surface area (Å²) in [5.74, 6) is 2.47. The number of rotatable bonds is 1. The fourth-order valence-electron chi connectivity index (χ4n) is 0.762. The first-order valence-corrected chi connectivity index (χ1v) is 3.60. The van der Waals surface area contributed by atoms with Gasteiger partial charge in [0.25, 0.3) is 0 Å². The Bertz CT molecular complexity index is 335. The highest BCUT2D eigenvalue weighted by Gasteiger charge is 1.98. The van der Waals surface area contributed by atoms with Crippen molar-refractivity contribution < 1.29 is 5.21 Å². The first kappa shape index (κ1) is 8.63. The topological polar surface area (TPSA) is 32.6 Å². The van der Waals surface area contributed by atoms with Crippen molar-refractivity contribution in [2.75, 3.05) is 0 Å². The molecule has 60 valence electrons. The van der Waals surface area contributed by atoms with E-state index < -0.39 is 0 Å². The minimum absolute atomic E-state index is 0.0542. The maximum Gasteiger partial charge on any atom is 0.175 e. The van der Waals surface area contributed by atoms with Gasteiger partial charge in [-0.3, -0.25) is 0 Å². The fourth-order valence-corrected chi connectivity index (χ4v) is 0.888. The van der Waals surface area contributed by atoms with Crippen molar-refractivity contribution in [2.45, 2.75) is 0 Å². The van der Waals surface area contributed by atoms with Crippen molar-refractivity contribution in [1.29, 1.82) is 0 Å². The van der Waals surface area contributed by atoms with Crippen LogP contribution in [0, 0.1) is 12.3 Å². The lowest BCUT2D eigenvalue weighted by molar-refractivity contribution is 0.321. The van der Waals surface area contributed by atoms with Gasteiger partial charge in [-0.15, -0.1) is 6.42 Å². The maximum absolute atomic E-state index is 8.33. The van der Waals surface area contributed by atoms with E-state index in [4.69, 9.17) is 23.2 Å². The molecule has 0 amide bonds. The van der Waals surface area contributed by atoms with Gasteiger partial charge in [0, 0.05) is 11.1 Å². The molecule has 0 spiro atoms. The lowest BCUT2D eigenvalue weighted by Crippen LogP contribution is -1.90. The molecule has 0 saturated carbocycles. The van der Waals surface area contributed by atoms with Crippen LogP contribution in [0.15, 0.2) is 29.4 Å². The van der Waals surface area contributed by atoms with E-state index >= 15 is 0 Å². The molecule has 0 unspecified atom stereocenters. The van der Waals surface area contributed by atoms with E-state index in [-0.39, 0.29) is 5.17 Å². The lowest BCUT2D eigenvalue weighted by Gasteiger charge is -1.95. The summed E-state index contributed by atoms with van der Waals surface area (Å²) in [5, 5.41) is 11.2. The normalized spacial score (nSPS) is 10.8. The Balaban J connectivity index is 3.02. The second-order valence-corrected chi connectivity index (χ2v) is 2.47. The van der Waals surface area contributed by atoms with Crippen LogP contribution < -0.4 is 0 Å². The summed E-state index contributed by atoms with van der Waals surface area (Å²) in [7, 11) is 0. The van der Waals surface area contributed by atoms with Crippen LogP contribution in [0.5, 0.6) is 0 Å². The highest BCUT2D eigenvalue weighted by Crippen LogP contribution is 2.06. The summed E-state index contributed by atoms with van der Waals surface area (Å²) in [4.78, 5) is 0. The van der Waals surface area contributed by atoms with Gasteiger partial charge in [0.2, 0.25) is 0 Å². The SMILES string of the molecule is C#Cc1ccc(/C(Cl)=N/O)cc1. The van der Waals surface area contributed by atoms with Gasteiger partial charge in [-0.25, -0.2) is 0 Å². The second-order valence-electron chi connectivity index (χ2n) is 2.11. The Morgan fingerprint density at radius 3 is 2.42 bits per heavy atom. The number of hydrogen-bond acceptors (Lipinski definition) is 2. The van der Waals surface area contributed by atoms with E-state index in [1.807, 2.05) is 0 Å². The molecule has 3 heteroatoms. The standard InChI is InChI=1S/C9H6ClNO/c1-2-7-3-5-8(6-4-7)9(10)11-12/h1,3-6,12H/b11-9-. The number of terminal acetylenes is 1. The molecule has 12 heavy (non-hydrogen) atoms. The highest BCUT2D eigenvalue weighted by atomic mass is 35.5. The Hall–Kier alpha value is -1.46. The first-order valence-electron chi connectivity index (χ1n) is 3.22. The molecule has 0 fully saturated rings. The van der Waals surface area contributed by atoms with Crippen molar-refractivity contribution in [3.05, 3.63) is 35.4 Å². The van der Waals surface area contributed by atoms with Crippen molar-refractivity contribution in [2.24, 2.45) is 5.16 Å². The van der Waals surface area contributed by atoms with Crippen LogP contribution in [0.1, 0.15) is 11.1 Å². The number of hydrogen-bond donors (Lipinski definition) is 1. The second kappa shape index (κ2) is 3.80. The molecule has 0 aliphatic carbocycles. The van der Waals surface area contributed by atoms with E-state index in [1.165, 1.54) is 0 Å². The average molecular weight is 180 g/mol. The minimum atomic E-state index is 0.0542. The molecule has 0 aliphatic rings. The van der Waals surface area contributed by atoms with Gasteiger partial charge in [0.15, 0.2) is 5.17 Å².